The molecule has 1 unspecified atom stereocenters. The lowest BCUT2D eigenvalue weighted by Gasteiger charge is -2.15. The highest BCUT2D eigenvalue weighted by atomic mass is 35.5. The van der Waals surface area contributed by atoms with E-state index in [1.165, 1.54) is 6.20 Å². The predicted molar refractivity (Wildman–Crippen MR) is 81.5 cm³/mol. The molecular formula is C15H21ClN2O3. The number of rotatable bonds is 9. The molecule has 0 saturated heterocycles. The Morgan fingerprint density at radius 2 is 2.10 bits per heavy atom. The molecule has 5 nitrogen and oxygen atoms in total. The van der Waals surface area contributed by atoms with Crippen molar-refractivity contribution in [1.29, 1.82) is 0 Å². The summed E-state index contributed by atoms with van der Waals surface area (Å²) in [4.78, 5) is 26.4. The number of carbonyl (C=O) groups excluding carboxylic acids is 1. The summed E-state index contributed by atoms with van der Waals surface area (Å²) in [5, 5.41) is 12.0. The monoisotopic (exact) mass is 312 g/mol. The normalized spacial score (nSPS) is 11.9. The number of hydrogen-bond donors (Lipinski definition) is 2. The lowest BCUT2D eigenvalue weighted by Crippen LogP contribution is -2.26. The second-order valence-electron chi connectivity index (χ2n) is 4.99. The second kappa shape index (κ2) is 9.34. The Bertz CT molecular complexity index is 462. The number of carboxylic acids is 1. The molecule has 116 valence electrons. The van der Waals surface area contributed by atoms with Crippen LogP contribution in [0.1, 0.15) is 49.5 Å². The molecule has 0 aliphatic carbocycles. The second-order valence-corrected chi connectivity index (χ2v) is 5.43. The van der Waals surface area contributed by atoms with Gasteiger partial charge in [0.2, 0.25) is 0 Å². The van der Waals surface area contributed by atoms with Crippen LogP contribution in [-0.2, 0) is 4.79 Å². The average Bonchev–Trinajstić information content (AvgIpc) is 2.45. The summed E-state index contributed by atoms with van der Waals surface area (Å²) in [6, 6.07) is 3.20. The van der Waals surface area contributed by atoms with Crippen molar-refractivity contribution >= 4 is 23.5 Å². The van der Waals surface area contributed by atoms with Crippen molar-refractivity contribution < 1.29 is 14.7 Å². The van der Waals surface area contributed by atoms with Gasteiger partial charge in [0, 0.05) is 19.2 Å². The third-order valence-electron chi connectivity index (χ3n) is 3.26. The van der Waals surface area contributed by atoms with Crippen molar-refractivity contribution in [3.8, 4) is 0 Å². The highest BCUT2D eigenvalue weighted by Crippen LogP contribution is 2.17. The van der Waals surface area contributed by atoms with Gasteiger partial charge in [0.25, 0.3) is 5.91 Å². The first-order chi connectivity index (χ1) is 10.0. The van der Waals surface area contributed by atoms with Gasteiger partial charge in [0.1, 0.15) is 5.69 Å². The molecule has 0 bridgehead atoms. The van der Waals surface area contributed by atoms with Crippen LogP contribution in [0, 0.1) is 5.92 Å². The van der Waals surface area contributed by atoms with E-state index in [0.29, 0.717) is 29.6 Å². The van der Waals surface area contributed by atoms with E-state index in [1.807, 2.05) is 0 Å². The van der Waals surface area contributed by atoms with Crippen molar-refractivity contribution in [2.24, 2.45) is 5.92 Å². The van der Waals surface area contributed by atoms with Crippen molar-refractivity contribution in [2.45, 2.75) is 39.0 Å². The lowest BCUT2D eigenvalue weighted by molar-refractivity contribution is -0.137. The van der Waals surface area contributed by atoms with Gasteiger partial charge >= 0.3 is 5.97 Å². The van der Waals surface area contributed by atoms with Crippen LogP contribution in [0.2, 0.25) is 5.02 Å². The SMILES string of the molecule is CCCC(CCNC(=O)c1ccc(Cl)cn1)CCC(=O)O. The van der Waals surface area contributed by atoms with Crippen molar-refractivity contribution in [3.63, 3.8) is 0 Å². The van der Waals surface area contributed by atoms with Crippen LogP contribution in [0.25, 0.3) is 0 Å². The van der Waals surface area contributed by atoms with E-state index in [4.69, 9.17) is 16.7 Å². The fourth-order valence-electron chi connectivity index (χ4n) is 2.16. The summed E-state index contributed by atoms with van der Waals surface area (Å²) in [6.45, 7) is 2.59. The van der Waals surface area contributed by atoms with Gasteiger partial charge in [0.05, 0.1) is 5.02 Å². The molecular weight excluding hydrogens is 292 g/mol. The van der Waals surface area contributed by atoms with E-state index in [-0.39, 0.29) is 12.3 Å². The molecule has 1 rings (SSSR count). The molecule has 0 spiro atoms. The molecule has 1 heterocycles. The summed E-state index contributed by atoms with van der Waals surface area (Å²) >= 11 is 5.72. The zero-order chi connectivity index (χ0) is 15.7. The number of nitrogens with one attached hydrogen (secondary N) is 1. The minimum absolute atomic E-state index is 0.178. The summed E-state index contributed by atoms with van der Waals surface area (Å²) in [7, 11) is 0. The maximum atomic E-state index is 11.9. The molecule has 1 aromatic rings. The Labute approximate surface area is 129 Å². The number of halogens is 1. The lowest BCUT2D eigenvalue weighted by atomic mass is 9.94. The average molecular weight is 313 g/mol. The first-order valence-electron chi connectivity index (χ1n) is 7.14. The van der Waals surface area contributed by atoms with E-state index in [1.54, 1.807) is 12.1 Å². The van der Waals surface area contributed by atoms with E-state index in [9.17, 15) is 9.59 Å². The highest BCUT2D eigenvalue weighted by Gasteiger charge is 2.12. The van der Waals surface area contributed by atoms with Crippen molar-refractivity contribution in [3.05, 3.63) is 29.0 Å². The van der Waals surface area contributed by atoms with Crippen molar-refractivity contribution in [1.82, 2.24) is 10.3 Å². The zero-order valence-corrected chi connectivity index (χ0v) is 12.9. The van der Waals surface area contributed by atoms with Crippen LogP contribution in [0.4, 0.5) is 0 Å². The Morgan fingerprint density at radius 1 is 1.33 bits per heavy atom. The van der Waals surface area contributed by atoms with E-state index < -0.39 is 5.97 Å². The number of pyridine rings is 1. The molecule has 6 heteroatoms. The molecule has 0 aromatic carbocycles. The smallest absolute Gasteiger partial charge is 0.303 e. The molecule has 0 aliphatic heterocycles. The summed E-state index contributed by atoms with van der Waals surface area (Å²) < 4.78 is 0. The van der Waals surface area contributed by atoms with E-state index in [2.05, 4.69) is 17.2 Å². The zero-order valence-electron chi connectivity index (χ0n) is 12.1. The predicted octanol–water partition coefficient (Wildman–Crippen LogP) is 3.14. The summed E-state index contributed by atoms with van der Waals surface area (Å²) in [5.74, 6) is -0.685. The molecule has 2 N–H and O–H groups in total. The van der Waals surface area contributed by atoms with Gasteiger partial charge < -0.3 is 10.4 Å². The molecule has 1 aromatic heterocycles. The first kappa shape index (κ1) is 17.4. The number of nitrogens with zero attached hydrogens (tertiary/aromatic N) is 1. The van der Waals surface area contributed by atoms with Crippen LogP contribution in [0.15, 0.2) is 18.3 Å². The van der Waals surface area contributed by atoms with Crippen molar-refractivity contribution in [2.75, 3.05) is 6.54 Å². The molecule has 0 fully saturated rings. The Kier molecular flexibility index (Phi) is 7.75. The maximum absolute atomic E-state index is 11.9. The van der Waals surface area contributed by atoms with Crippen LogP contribution < -0.4 is 5.32 Å². The molecule has 0 radical (unpaired) electrons. The highest BCUT2D eigenvalue weighted by molar-refractivity contribution is 6.30. The van der Waals surface area contributed by atoms with Crippen LogP contribution in [0.3, 0.4) is 0 Å². The number of carboxylic acid groups (broad SMARTS) is 1. The minimum Gasteiger partial charge on any atom is -0.481 e. The van der Waals surface area contributed by atoms with E-state index >= 15 is 0 Å². The topological polar surface area (TPSA) is 79.3 Å². The number of aromatic nitrogens is 1. The standard InChI is InChI=1S/C15H21ClN2O3/c1-2-3-11(4-7-14(19)20)8-9-17-15(21)13-6-5-12(16)10-18-13/h5-6,10-11H,2-4,7-9H2,1H3,(H,17,21)(H,19,20). The number of hydrogen-bond acceptors (Lipinski definition) is 3. The third kappa shape index (κ3) is 7.09. The fourth-order valence-corrected chi connectivity index (χ4v) is 2.27. The molecule has 1 atom stereocenters. The fraction of sp³-hybridized carbons (Fsp3) is 0.533. The van der Waals surface area contributed by atoms with Gasteiger partial charge in [-0.15, -0.1) is 0 Å². The Morgan fingerprint density at radius 3 is 2.67 bits per heavy atom. The summed E-state index contributed by atoms with van der Waals surface area (Å²) in [5.41, 5.74) is 0.331. The molecule has 21 heavy (non-hydrogen) atoms. The van der Waals surface area contributed by atoms with Gasteiger partial charge in [-0.05, 0) is 30.9 Å². The molecule has 0 aliphatic rings. The number of aliphatic carboxylic acids is 1. The van der Waals surface area contributed by atoms with Gasteiger partial charge in [-0.2, -0.15) is 0 Å². The Hall–Kier alpha value is -1.62. The van der Waals surface area contributed by atoms with Crippen LogP contribution in [-0.4, -0.2) is 28.5 Å². The van der Waals surface area contributed by atoms with Gasteiger partial charge in [-0.25, -0.2) is 4.98 Å². The van der Waals surface area contributed by atoms with Crippen LogP contribution in [0.5, 0.6) is 0 Å². The quantitative estimate of drug-likeness (QED) is 0.734. The van der Waals surface area contributed by atoms with Gasteiger partial charge in [-0.3, -0.25) is 9.59 Å². The largest absolute Gasteiger partial charge is 0.481 e. The minimum atomic E-state index is -0.773. The Balaban J connectivity index is 2.36. The molecule has 0 saturated carbocycles. The van der Waals surface area contributed by atoms with E-state index in [0.717, 1.165) is 19.3 Å². The first-order valence-corrected chi connectivity index (χ1v) is 7.52. The summed E-state index contributed by atoms with van der Waals surface area (Å²) in [6.07, 6.45) is 5.03. The third-order valence-corrected chi connectivity index (χ3v) is 3.49. The van der Waals surface area contributed by atoms with Crippen LogP contribution >= 0.6 is 11.6 Å². The van der Waals surface area contributed by atoms with Gasteiger partial charge in [-0.1, -0.05) is 31.4 Å². The number of carbonyl (C=O) groups is 2. The van der Waals surface area contributed by atoms with Gasteiger partial charge in [0.15, 0.2) is 0 Å². The maximum Gasteiger partial charge on any atom is 0.303 e. The number of amides is 1. The molecule has 1 amide bonds.